The number of unbranched alkanes of at least 4 members (excludes halogenated alkanes) is 2. The SMILES string of the molecule is CCCCN1CC[N+](CCCC)=C1F.[Cl-]. The third-order valence-corrected chi connectivity index (χ3v) is 2.72. The van der Waals surface area contributed by atoms with Crippen molar-refractivity contribution in [3.8, 4) is 0 Å². The molecule has 0 bridgehead atoms. The van der Waals surface area contributed by atoms with Crippen molar-refractivity contribution in [3.05, 3.63) is 0 Å². The topological polar surface area (TPSA) is 6.25 Å². The van der Waals surface area contributed by atoms with Gasteiger partial charge >= 0.3 is 6.09 Å². The first-order valence-electron chi connectivity index (χ1n) is 5.82. The van der Waals surface area contributed by atoms with E-state index >= 15 is 0 Å². The molecule has 0 saturated carbocycles. The molecular formula is C11H22ClFN2. The summed E-state index contributed by atoms with van der Waals surface area (Å²) in [7, 11) is 0. The lowest BCUT2D eigenvalue weighted by atomic mass is 10.3. The number of rotatable bonds is 6. The van der Waals surface area contributed by atoms with E-state index in [0.29, 0.717) is 0 Å². The van der Waals surface area contributed by atoms with E-state index in [4.69, 9.17) is 0 Å². The van der Waals surface area contributed by atoms with Gasteiger partial charge in [0.1, 0.15) is 13.1 Å². The smallest absolute Gasteiger partial charge is 0.436 e. The molecule has 1 heterocycles. The van der Waals surface area contributed by atoms with Gasteiger partial charge in [-0.15, -0.1) is 4.39 Å². The minimum Gasteiger partial charge on any atom is -1.00 e. The Kier molecular flexibility index (Phi) is 7.75. The van der Waals surface area contributed by atoms with E-state index in [1.165, 1.54) is 0 Å². The van der Waals surface area contributed by atoms with Crippen LogP contribution in [0.2, 0.25) is 0 Å². The van der Waals surface area contributed by atoms with Crippen LogP contribution in [-0.2, 0) is 0 Å². The monoisotopic (exact) mass is 236 g/mol. The Bertz CT molecular complexity index is 207. The zero-order valence-corrected chi connectivity index (χ0v) is 10.6. The van der Waals surface area contributed by atoms with Crippen LogP contribution in [0.5, 0.6) is 0 Å². The maximum absolute atomic E-state index is 13.7. The van der Waals surface area contributed by atoms with Gasteiger partial charge in [-0.3, -0.25) is 0 Å². The molecule has 0 spiro atoms. The van der Waals surface area contributed by atoms with Crippen LogP contribution in [0.1, 0.15) is 39.5 Å². The van der Waals surface area contributed by atoms with Crippen molar-refractivity contribution in [2.45, 2.75) is 39.5 Å². The quantitative estimate of drug-likeness (QED) is 0.434. The fourth-order valence-corrected chi connectivity index (χ4v) is 1.73. The van der Waals surface area contributed by atoms with Gasteiger partial charge < -0.3 is 12.4 Å². The number of halogens is 2. The van der Waals surface area contributed by atoms with Gasteiger partial charge in [-0.05, 0) is 12.8 Å². The molecule has 0 radical (unpaired) electrons. The fourth-order valence-electron chi connectivity index (χ4n) is 1.73. The summed E-state index contributed by atoms with van der Waals surface area (Å²) < 4.78 is 15.5. The Hall–Kier alpha value is -0.310. The van der Waals surface area contributed by atoms with Crippen molar-refractivity contribution in [1.29, 1.82) is 0 Å². The third-order valence-electron chi connectivity index (χ3n) is 2.72. The molecule has 0 atom stereocenters. The van der Waals surface area contributed by atoms with E-state index in [2.05, 4.69) is 13.8 Å². The van der Waals surface area contributed by atoms with Crippen molar-refractivity contribution in [3.63, 3.8) is 0 Å². The Morgan fingerprint density at radius 1 is 1.27 bits per heavy atom. The molecule has 0 fully saturated rings. The first kappa shape index (κ1) is 14.7. The summed E-state index contributed by atoms with van der Waals surface area (Å²) >= 11 is 0. The molecular weight excluding hydrogens is 215 g/mol. The highest BCUT2D eigenvalue weighted by Crippen LogP contribution is 2.06. The molecule has 1 aliphatic heterocycles. The molecule has 1 rings (SSSR count). The molecule has 1 aliphatic rings. The van der Waals surface area contributed by atoms with Crippen LogP contribution >= 0.6 is 0 Å². The molecule has 90 valence electrons. The van der Waals surface area contributed by atoms with Gasteiger partial charge in [-0.2, -0.15) is 0 Å². The van der Waals surface area contributed by atoms with Crippen molar-refractivity contribution < 1.29 is 21.4 Å². The van der Waals surface area contributed by atoms with Crippen molar-refractivity contribution in [2.75, 3.05) is 26.2 Å². The van der Waals surface area contributed by atoms with E-state index in [0.717, 1.165) is 51.9 Å². The maximum atomic E-state index is 13.7. The molecule has 15 heavy (non-hydrogen) atoms. The first-order chi connectivity index (χ1) is 6.79. The summed E-state index contributed by atoms with van der Waals surface area (Å²) in [5, 5.41) is 0. The van der Waals surface area contributed by atoms with Crippen LogP contribution in [0.4, 0.5) is 4.39 Å². The average Bonchev–Trinajstić information content (AvgIpc) is 2.54. The zero-order chi connectivity index (χ0) is 10.4. The predicted octanol–water partition coefficient (Wildman–Crippen LogP) is -0.756. The highest BCUT2D eigenvalue weighted by Gasteiger charge is 2.29. The fraction of sp³-hybridized carbons (Fsp3) is 0.909. The molecule has 0 aromatic heterocycles. The number of hydrogen-bond acceptors (Lipinski definition) is 1. The van der Waals surface area contributed by atoms with Crippen LogP contribution < -0.4 is 12.4 Å². The molecule has 0 aliphatic carbocycles. The molecule has 0 unspecified atom stereocenters. The molecule has 0 N–H and O–H groups in total. The lowest BCUT2D eigenvalue weighted by Gasteiger charge is -2.05. The molecule has 0 aromatic carbocycles. The summed E-state index contributed by atoms with van der Waals surface area (Å²) in [6, 6.07) is 0. The molecule has 0 amide bonds. The minimum atomic E-state index is 0. The largest absolute Gasteiger partial charge is 1.00 e. The van der Waals surface area contributed by atoms with E-state index in [9.17, 15) is 4.39 Å². The summed E-state index contributed by atoms with van der Waals surface area (Å²) in [5.74, 6) is 0. The van der Waals surface area contributed by atoms with Gasteiger partial charge in [0.25, 0.3) is 0 Å². The van der Waals surface area contributed by atoms with Crippen LogP contribution in [0.25, 0.3) is 0 Å². The van der Waals surface area contributed by atoms with Crippen LogP contribution in [-0.4, -0.2) is 41.7 Å². The molecule has 2 nitrogen and oxygen atoms in total. The van der Waals surface area contributed by atoms with Gasteiger partial charge in [-0.1, -0.05) is 26.7 Å². The zero-order valence-electron chi connectivity index (χ0n) is 9.81. The van der Waals surface area contributed by atoms with Crippen LogP contribution in [0.15, 0.2) is 0 Å². The summed E-state index contributed by atoms with van der Waals surface area (Å²) in [6.07, 6.45) is 4.47. The summed E-state index contributed by atoms with van der Waals surface area (Å²) in [5.41, 5.74) is 0. The summed E-state index contributed by atoms with van der Waals surface area (Å²) in [4.78, 5) is 1.87. The highest BCUT2D eigenvalue weighted by molar-refractivity contribution is 5.68. The molecule has 0 aromatic rings. The lowest BCUT2D eigenvalue weighted by molar-refractivity contribution is -0.523. The van der Waals surface area contributed by atoms with Crippen LogP contribution in [0.3, 0.4) is 0 Å². The molecule has 4 heteroatoms. The van der Waals surface area contributed by atoms with Gasteiger partial charge in [0, 0.05) is 0 Å². The maximum Gasteiger partial charge on any atom is 0.436 e. The second-order valence-electron chi connectivity index (χ2n) is 3.95. The van der Waals surface area contributed by atoms with E-state index in [-0.39, 0.29) is 18.5 Å². The lowest BCUT2D eigenvalue weighted by Crippen LogP contribution is -3.00. The standard InChI is InChI=1S/C11H22FN2.ClH/c1-3-5-7-13-9-10-14(11(13)12)8-6-4-2;/h3-10H2,1-2H3;1H/q+1;/p-1. The van der Waals surface area contributed by atoms with Gasteiger partial charge in [0.15, 0.2) is 0 Å². The van der Waals surface area contributed by atoms with Crippen molar-refractivity contribution in [1.82, 2.24) is 4.90 Å². The van der Waals surface area contributed by atoms with Gasteiger partial charge in [0.05, 0.1) is 13.1 Å². The summed E-state index contributed by atoms with van der Waals surface area (Å²) in [6.45, 7) is 7.78. The Morgan fingerprint density at radius 3 is 2.53 bits per heavy atom. The number of nitrogens with zero attached hydrogens (tertiary/aromatic N) is 2. The van der Waals surface area contributed by atoms with Gasteiger partial charge in [0.2, 0.25) is 0 Å². The minimum absolute atomic E-state index is 0. The third kappa shape index (κ3) is 4.37. The average molecular weight is 237 g/mol. The van der Waals surface area contributed by atoms with Crippen LogP contribution in [0, 0.1) is 0 Å². The number of amidine groups is 1. The second-order valence-corrected chi connectivity index (χ2v) is 3.95. The predicted molar refractivity (Wildman–Crippen MR) is 57.5 cm³/mol. The highest BCUT2D eigenvalue weighted by atomic mass is 35.5. The Labute approximate surface area is 98.6 Å². The normalized spacial score (nSPS) is 15.8. The first-order valence-corrected chi connectivity index (χ1v) is 5.82. The van der Waals surface area contributed by atoms with Gasteiger partial charge in [-0.25, -0.2) is 9.48 Å². The Morgan fingerprint density at radius 2 is 1.93 bits per heavy atom. The van der Waals surface area contributed by atoms with Crippen molar-refractivity contribution in [2.24, 2.45) is 0 Å². The van der Waals surface area contributed by atoms with E-state index < -0.39 is 0 Å². The number of hydrogen-bond donors (Lipinski definition) is 0. The Balaban J connectivity index is 0.00000196. The van der Waals surface area contributed by atoms with E-state index in [1.807, 2.05) is 9.48 Å². The molecule has 0 saturated heterocycles. The second kappa shape index (κ2) is 7.91. The van der Waals surface area contributed by atoms with E-state index in [1.54, 1.807) is 0 Å². The van der Waals surface area contributed by atoms with Crippen molar-refractivity contribution >= 4 is 6.09 Å².